The van der Waals surface area contributed by atoms with Crippen LogP contribution < -0.4 is 5.32 Å². The minimum Gasteiger partial charge on any atom is -0.394 e. The molecule has 1 aliphatic rings. The zero-order valence-electron chi connectivity index (χ0n) is 43.7. The van der Waals surface area contributed by atoms with Crippen molar-refractivity contribution in [2.45, 2.75) is 339 Å². The fourth-order valence-electron chi connectivity index (χ4n) is 9.68. The molecule has 0 aromatic heterocycles. The summed E-state index contributed by atoms with van der Waals surface area (Å²) in [6, 6.07) is -1.16. The van der Waals surface area contributed by atoms with Crippen molar-refractivity contribution in [3.8, 4) is 0 Å². The normalized spacial score (nSPS) is 20.5. The number of aliphatic hydroxyl groups excluding tert-OH is 7. The molecular formula is C56H111NO10. The molecule has 0 saturated carbocycles. The van der Waals surface area contributed by atoms with E-state index in [1.807, 2.05) is 0 Å². The minimum absolute atomic E-state index is 0.267. The van der Waals surface area contributed by atoms with Crippen LogP contribution in [-0.2, 0) is 14.3 Å². The molecule has 1 saturated heterocycles. The molecule has 9 atom stereocenters. The zero-order valence-corrected chi connectivity index (χ0v) is 43.7. The number of hydrogen-bond donors (Lipinski definition) is 8. The molecule has 9 unspecified atom stereocenters. The van der Waals surface area contributed by atoms with Crippen LogP contribution in [0.2, 0.25) is 0 Å². The number of rotatable bonds is 50. The van der Waals surface area contributed by atoms with Gasteiger partial charge in [0.1, 0.15) is 36.6 Å². The molecule has 1 rings (SSSR count). The fourth-order valence-corrected chi connectivity index (χ4v) is 9.68. The van der Waals surface area contributed by atoms with E-state index >= 15 is 0 Å². The molecule has 400 valence electrons. The Bertz CT molecular complexity index is 1050. The topological polar surface area (TPSA) is 189 Å². The smallest absolute Gasteiger partial charge is 0.249 e. The van der Waals surface area contributed by atoms with E-state index in [2.05, 4.69) is 19.2 Å². The van der Waals surface area contributed by atoms with Crippen molar-refractivity contribution in [2.75, 3.05) is 13.2 Å². The van der Waals surface area contributed by atoms with Gasteiger partial charge in [-0.1, -0.05) is 271 Å². The molecular weight excluding hydrogens is 847 g/mol. The summed E-state index contributed by atoms with van der Waals surface area (Å²) in [5.74, 6) is -0.690. The summed E-state index contributed by atoms with van der Waals surface area (Å²) in [7, 11) is 0. The standard InChI is InChI=1S/C56H111NO10/c1-3-5-7-9-11-13-15-17-19-21-23-24-25-26-28-30-32-34-36-38-40-42-44-49(60)55(65)57-47(46-66-56-54(64)53(63)52(62)50(45-58)67-56)51(61)48(59)43-41-39-37-35-33-31-29-27-22-20-18-16-14-12-10-8-6-4-2/h47-54,56,58-64H,3-46H2,1-2H3,(H,57,65). The molecule has 0 aromatic carbocycles. The molecule has 67 heavy (non-hydrogen) atoms. The first kappa shape index (κ1) is 64.1. The van der Waals surface area contributed by atoms with E-state index in [0.717, 1.165) is 38.5 Å². The van der Waals surface area contributed by atoms with Gasteiger partial charge in [0, 0.05) is 0 Å². The second-order valence-corrected chi connectivity index (χ2v) is 20.7. The Kier molecular flexibility index (Phi) is 44.2. The van der Waals surface area contributed by atoms with Crippen molar-refractivity contribution in [3.05, 3.63) is 0 Å². The Hall–Kier alpha value is -0.890. The molecule has 1 amide bonds. The Morgan fingerprint density at radius 1 is 0.463 bits per heavy atom. The van der Waals surface area contributed by atoms with Crippen LogP contribution in [-0.4, -0.2) is 110 Å². The van der Waals surface area contributed by atoms with E-state index < -0.39 is 74.2 Å². The van der Waals surface area contributed by atoms with Crippen molar-refractivity contribution in [1.29, 1.82) is 0 Å². The minimum atomic E-state index is -1.66. The first-order valence-corrected chi connectivity index (χ1v) is 28.9. The van der Waals surface area contributed by atoms with Crippen LogP contribution in [0, 0.1) is 0 Å². The van der Waals surface area contributed by atoms with E-state index in [1.54, 1.807) is 0 Å². The van der Waals surface area contributed by atoms with Gasteiger partial charge in [-0.15, -0.1) is 0 Å². The van der Waals surface area contributed by atoms with Crippen LogP contribution in [0.4, 0.5) is 0 Å². The highest BCUT2D eigenvalue weighted by Gasteiger charge is 2.44. The summed E-state index contributed by atoms with van der Waals surface area (Å²) in [6.45, 7) is 3.50. The highest BCUT2D eigenvalue weighted by Crippen LogP contribution is 2.24. The number of ether oxygens (including phenoxy) is 2. The third-order valence-electron chi connectivity index (χ3n) is 14.4. The molecule has 11 nitrogen and oxygen atoms in total. The van der Waals surface area contributed by atoms with Gasteiger partial charge in [-0.3, -0.25) is 4.79 Å². The largest absolute Gasteiger partial charge is 0.394 e. The molecule has 0 bridgehead atoms. The lowest BCUT2D eigenvalue weighted by Crippen LogP contribution is -2.60. The van der Waals surface area contributed by atoms with E-state index in [0.29, 0.717) is 19.3 Å². The maximum Gasteiger partial charge on any atom is 0.249 e. The third-order valence-corrected chi connectivity index (χ3v) is 14.4. The fraction of sp³-hybridized carbons (Fsp3) is 0.982. The van der Waals surface area contributed by atoms with Gasteiger partial charge in [0.05, 0.1) is 25.4 Å². The second-order valence-electron chi connectivity index (χ2n) is 20.7. The van der Waals surface area contributed by atoms with Crippen molar-refractivity contribution < 1.29 is 50.0 Å². The highest BCUT2D eigenvalue weighted by molar-refractivity contribution is 5.80. The summed E-state index contributed by atoms with van der Waals surface area (Å²) in [6.07, 6.45) is 40.1. The Labute approximate surface area is 411 Å². The van der Waals surface area contributed by atoms with Crippen LogP contribution in [0.1, 0.15) is 284 Å². The molecule has 1 fully saturated rings. The molecule has 1 aliphatic heterocycles. The lowest BCUT2D eigenvalue weighted by atomic mass is 9.98. The lowest BCUT2D eigenvalue weighted by molar-refractivity contribution is -0.303. The first-order valence-electron chi connectivity index (χ1n) is 28.9. The number of aliphatic hydroxyl groups is 7. The molecule has 0 radical (unpaired) electrons. The van der Waals surface area contributed by atoms with Gasteiger partial charge in [0.25, 0.3) is 0 Å². The van der Waals surface area contributed by atoms with Crippen LogP contribution in [0.25, 0.3) is 0 Å². The Morgan fingerprint density at radius 3 is 1.10 bits per heavy atom. The number of carbonyl (C=O) groups excluding carboxylic acids is 1. The number of nitrogens with one attached hydrogen (secondary N) is 1. The summed E-state index contributed by atoms with van der Waals surface area (Å²) in [5.41, 5.74) is 0. The molecule has 0 aromatic rings. The average molecular weight is 959 g/mol. The van der Waals surface area contributed by atoms with Gasteiger partial charge < -0.3 is 50.5 Å². The second kappa shape index (κ2) is 46.2. The zero-order chi connectivity index (χ0) is 49.0. The third kappa shape index (κ3) is 35.0. The summed E-state index contributed by atoms with van der Waals surface area (Å²) >= 11 is 0. The first-order chi connectivity index (χ1) is 32.7. The van der Waals surface area contributed by atoms with Crippen LogP contribution >= 0.6 is 0 Å². The lowest BCUT2D eigenvalue weighted by Gasteiger charge is -2.40. The predicted octanol–water partition coefficient (Wildman–Crippen LogP) is 11.8. The monoisotopic (exact) mass is 958 g/mol. The highest BCUT2D eigenvalue weighted by atomic mass is 16.7. The van der Waals surface area contributed by atoms with Crippen LogP contribution in [0.15, 0.2) is 0 Å². The number of carbonyl (C=O) groups is 1. The molecule has 0 aliphatic carbocycles. The Balaban J connectivity index is 2.30. The number of amides is 1. The molecule has 0 spiro atoms. The Morgan fingerprint density at radius 2 is 0.776 bits per heavy atom. The van der Waals surface area contributed by atoms with Crippen molar-refractivity contribution >= 4 is 5.91 Å². The van der Waals surface area contributed by atoms with Crippen molar-refractivity contribution in [1.82, 2.24) is 5.32 Å². The summed E-state index contributed by atoms with van der Waals surface area (Å²) < 4.78 is 11.1. The molecule has 11 heteroatoms. The van der Waals surface area contributed by atoms with Gasteiger partial charge in [-0.2, -0.15) is 0 Å². The summed E-state index contributed by atoms with van der Waals surface area (Å²) in [4.78, 5) is 13.2. The van der Waals surface area contributed by atoms with Gasteiger partial charge >= 0.3 is 0 Å². The van der Waals surface area contributed by atoms with Crippen LogP contribution in [0.3, 0.4) is 0 Å². The maximum absolute atomic E-state index is 13.2. The SMILES string of the molecule is CCCCCCCCCCCCCCCCCCCCCCCCC(O)C(=O)NC(COC1OC(CO)C(O)C(O)C1O)C(O)C(O)CCCCCCCCCCCCCCCCCCCC. The van der Waals surface area contributed by atoms with Crippen molar-refractivity contribution in [2.24, 2.45) is 0 Å². The van der Waals surface area contributed by atoms with Crippen LogP contribution in [0.5, 0.6) is 0 Å². The molecule has 1 heterocycles. The van der Waals surface area contributed by atoms with E-state index in [-0.39, 0.29) is 6.42 Å². The number of unbranched alkanes of at least 4 members (excludes halogenated alkanes) is 38. The summed E-state index contributed by atoms with van der Waals surface area (Å²) in [5, 5.41) is 76.1. The maximum atomic E-state index is 13.2. The number of hydrogen-bond acceptors (Lipinski definition) is 10. The van der Waals surface area contributed by atoms with Gasteiger partial charge in [-0.05, 0) is 12.8 Å². The molecule has 8 N–H and O–H groups in total. The van der Waals surface area contributed by atoms with Gasteiger partial charge in [-0.25, -0.2) is 0 Å². The quantitative estimate of drug-likeness (QED) is 0.0273. The predicted molar refractivity (Wildman–Crippen MR) is 275 cm³/mol. The van der Waals surface area contributed by atoms with Gasteiger partial charge in [0.2, 0.25) is 5.91 Å². The van der Waals surface area contributed by atoms with E-state index in [9.17, 15) is 40.5 Å². The van der Waals surface area contributed by atoms with E-state index in [4.69, 9.17) is 9.47 Å². The van der Waals surface area contributed by atoms with Gasteiger partial charge in [0.15, 0.2) is 6.29 Å². The average Bonchev–Trinajstić information content (AvgIpc) is 3.33. The van der Waals surface area contributed by atoms with Crippen molar-refractivity contribution in [3.63, 3.8) is 0 Å². The van der Waals surface area contributed by atoms with E-state index in [1.165, 1.54) is 205 Å².